The van der Waals surface area contributed by atoms with Crippen molar-refractivity contribution in [1.29, 1.82) is 0 Å². The summed E-state index contributed by atoms with van der Waals surface area (Å²) in [6.07, 6.45) is 2.96. The van der Waals surface area contributed by atoms with Gasteiger partial charge >= 0.3 is 0 Å². The molecule has 1 aliphatic heterocycles. The quantitative estimate of drug-likeness (QED) is 0.306. The Labute approximate surface area is 209 Å². The van der Waals surface area contributed by atoms with E-state index in [1.807, 2.05) is 6.07 Å². The van der Waals surface area contributed by atoms with Gasteiger partial charge in [-0.3, -0.25) is 29.8 Å². The second kappa shape index (κ2) is 9.46. The molecule has 0 spiro atoms. The van der Waals surface area contributed by atoms with Gasteiger partial charge in [-0.1, -0.05) is 41.9 Å². The van der Waals surface area contributed by atoms with Gasteiger partial charge in [0.2, 0.25) is 0 Å². The summed E-state index contributed by atoms with van der Waals surface area (Å²) in [6.45, 7) is -0.0486. The number of hydrazine groups is 1. The van der Waals surface area contributed by atoms with E-state index in [2.05, 4.69) is 20.8 Å². The zero-order valence-electron chi connectivity index (χ0n) is 18.1. The predicted octanol–water partition coefficient (Wildman–Crippen LogP) is 3.02. The molecule has 1 saturated heterocycles. The van der Waals surface area contributed by atoms with E-state index in [4.69, 9.17) is 23.2 Å². The number of nitrogens with one attached hydrogen (secondary N) is 2. The number of para-hydroxylation sites is 1. The van der Waals surface area contributed by atoms with Gasteiger partial charge in [0.05, 0.1) is 17.4 Å². The van der Waals surface area contributed by atoms with Crippen molar-refractivity contribution in [3.63, 3.8) is 0 Å². The van der Waals surface area contributed by atoms with Gasteiger partial charge in [0.25, 0.3) is 17.4 Å². The average molecular weight is 509 g/mol. The van der Waals surface area contributed by atoms with Crippen molar-refractivity contribution in [2.24, 2.45) is 0 Å². The molecule has 2 aromatic heterocycles. The lowest BCUT2D eigenvalue weighted by atomic mass is 9.95. The Morgan fingerprint density at radius 3 is 2.49 bits per heavy atom. The van der Waals surface area contributed by atoms with E-state index in [1.54, 1.807) is 42.5 Å². The molecular weight excluding hydrogens is 491 g/mol. The minimum absolute atomic E-state index is 0.0486. The number of rotatable bonds is 6. The summed E-state index contributed by atoms with van der Waals surface area (Å²) in [4.78, 5) is 47.0. The van der Waals surface area contributed by atoms with Gasteiger partial charge < -0.3 is 0 Å². The molecule has 11 heteroatoms. The fraction of sp³-hybridized carbons (Fsp3) is 0.125. The van der Waals surface area contributed by atoms with Crippen LogP contribution in [0.3, 0.4) is 0 Å². The maximum absolute atomic E-state index is 13.2. The van der Waals surface area contributed by atoms with Crippen molar-refractivity contribution >= 4 is 45.9 Å². The summed E-state index contributed by atoms with van der Waals surface area (Å²) in [5.41, 5.74) is 6.61. The smallest absolute Gasteiger partial charge is 0.272 e. The minimum Gasteiger partial charge on any atom is -0.272 e. The molecule has 2 N–H and O–H groups in total. The molecule has 2 atom stereocenters. The van der Waals surface area contributed by atoms with Crippen molar-refractivity contribution in [2.75, 3.05) is 5.43 Å². The number of hydrogen-bond acceptors (Lipinski definition) is 6. The SMILES string of the molecule is O=C(Nn1c(CNN2C(=O)C(Cl)C2c2ccccc2Cl)nc2ccccc2c1=O)c1ccncc1. The fourth-order valence-electron chi connectivity index (χ4n) is 3.88. The van der Waals surface area contributed by atoms with Crippen molar-refractivity contribution in [3.05, 3.63) is 105 Å². The molecule has 0 aliphatic carbocycles. The number of hydrogen-bond donors (Lipinski definition) is 2. The number of nitrogens with zero attached hydrogens (tertiary/aromatic N) is 4. The van der Waals surface area contributed by atoms with Gasteiger partial charge in [-0.05, 0) is 35.9 Å². The van der Waals surface area contributed by atoms with Crippen LogP contribution in [-0.4, -0.2) is 36.8 Å². The second-order valence-electron chi connectivity index (χ2n) is 7.77. The lowest BCUT2D eigenvalue weighted by molar-refractivity contribution is -0.151. The van der Waals surface area contributed by atoms with E-state index >= 15 is 0 Å². The molecule has 5 rings (SSSR count). The standard InChI is InChI=1S/C24H18Cl2N6O3/c25-17-7-3-1-5-15(17)21-20(26)24(35)32(21)28-13-19-29-18-8-4-2-6-16(18)23(34)31(19)30-22(33)14-9-11-27-12-10-14/h1-12,20-21,28H,13H2,(H,30,33). The third-order valence-corrected chi connectivity index (χ3v) is 6.43. The number of benzene rings is 2. The van der Waals surface area contributed by atoms with Crippen LogP contribution >= 0.6 is 23.2 Å². The van der Waals surface area contributed by atoms with Crippen LogP contribution in [0.5, 0.6) is 0 Å². The molecule has 9 nitrogen and oxygen atoms in total. The average Bonchev–Trinajstić information content (AvgIpc) is 2.89. The number of alkyl halides is 1. The predicted molar refractivity (Wildman–Crippen MR) is 131 cm³/mol. The Hall–Kier alpha value is -3.79. The zero-order chi connectivity index (χ0) is 24.5. The first-order valence-corrected chi connectivity index (χ1v) is 11.4. The Bertz CT molecular complexity index is 1490. The van der Waals surface area contributed by atoms with E-state index in [0.29, 0.717) is 27.1 Å². The van der Waals surface area contributed by atoms with Gasteiger partial charge in [-0.2, -0.15) is 0 Å². The molecule has 3 heterocycles. The van der Waals surface area contributed by atoms with E-state index in [9.17, 15) is 14.4 Å². The Balaban J connectivity index is 1.47. The highest BCUT2D eigenvalue weighted by atomic mass is 35.5. The van der Waals surface area contributed by atoms with Gasteiger partial charge in [0.15, 0.2) is 0 Å². The van der Waals surface area contributed by atoms with Crippen LogP contribution in [0.4, 0.5) is 0 Å². The molecule has 1 fully saturated rings. The van der Waals surface area contributed by atoms with Gasteiger partial charge in [0.1, 0.15) is 17.2 Å². The molecule has 35 heavy (non-hydrogen) atoms. The topological polar surface area (TPSA) is 109 Å². The number of aromatic nitrogens is 3. The highest BCUT2D eigenvalue weighted by molar-refractivity contribution is 6.35. The number of amides is 2. The molecule has 2 amide bonds. The Kier molecular flexibility index (Phi) is 6.21. The molecular formula is C24H18Cl2N6O3. The largest absolute Gasteiger partial charge is 0.280 e. The highest BCUT2D eigenvalue weighted by Gasteiger charge is 2.48. The molecule has 0 saturated carbocycles. The Morgan fingerprint density at radius 1 is 1.00 bits per heavy atom. The summed E-state index contributed by atoms with van der Waals surface area (Å²) < 4.78 is 1.07. The van der Waals surface area contributed by atoms with E-state index in [1.165, 1.54) is 29.5 Å². The minimum atomic E-state index is -0.791. The molecule has 1 aliphatic rings. The van der Waals surface area contributed by atoms with E-state index in [-0.39, 0.29) is 18.3 Å². The van der Waals surface area contributed by atoms with E-state index in [0.717, 1.165) is 4.68 Å². The maximum atomic E-state index is 13.2. The first kappa shape index (κ1) is 23.0. The zero-order valence-corrected chi connectivity index (χ0v) is 19.6. The van der Waals surface area contributed by atoms with Gasteiger partial charge in [-0.25, -0.2) is 15.1 Å². The number of β-lactam (4-membered cyclic amide) rings is 1. The van der Waals surface area contributed by atoms with Crippen LogP contribution in [0, 0.1) is 0 Å². The third kappa shape index (κ3) is 4.25. The fourth-order valence-corrected chi connectivity index (χ4v) is 4.48. The van der Waals surface area contributed by atoms with Crippen molar-refractivity contribution in [1.82, 2.24) is 25.1 Å². The van der Waals surface area contributed by atoms with Crippen LogP contribution in [-0.2, 0) is 11.3 Å². The summed E-state index contributed by atoms with van der Waals surface area (Å²) in [5, 5.41) is 1.38. The first-order valence-electron chi connectivity index (χ1n) is 10.6. The van der Waals surface area contributed by atoms with E-state index < -0.39 is 22.9 Å². The summed E-state index contributed by atoms with van der Waals surface area (Å²) in [6, 6.07) is 16.5. The molecule has 2 aromatic carbocycles. The maximum Gasteiger partial charge on any atom is 0.280 e. The van der Waals surface area contributed by atoms with Crippen molar-refractivity contribution in [3.8, 4) is 0 Å². The van der Waals surface area contributed by atoms with Gasteiger partial charge in [-0.15, -0.1) is 11.6 Å². The van der Waals surface area contributed by atoms with Crippen LogP contribution < -0.4 is 16.4 Å². The third-order valence-electron chi connectivity index (χ3n) is 5.66. The lowest BCUT2D eigenvalue weighted by Crippen LogP contribution is -2.62. The molecule has 4 aromatic rings. The normalized spacial score (nSPS) is 17.3. The highest BCUT2D eigenvalue weighted by Crippen LogP contribution is 2.40. The molecule has 2 unspecified atom stereocenters. The number of carbonyl (C=O) groups is 2. The number of pyridine rings is 1. The number of halogens is 2. The molecule has 176 valence electrons. The van der Waals surface area contributed by atoms with Crippen LogP contribution in [0.2, 0.25) is 5.02 Å². The van der Waals surface area contributed by atoms with Crippen molar-refractivity contribution < 1.29 is 9.59 Å². The second-order valence-corrected chi connectivity index (χ2v) is 8.65. The number of carbonyl (C=O) groups excluding carboxylic acids is 2. The van der Waals surface area contributed by atoms with Crippen LogP contribution in [0.15, 0.2) is 77.9 Å². The number of fused-ring (bicyclic) bond motifs is 1. The molecule has 0 radical (unpaired) electrons. The Morgan fingerprint density at radius 2 is 1.71 bits per heavy atom. The first-order chi connectivity index (χ1) is 17.0. The monoisotopic (exact) mass is 508 g/mol. The van der Waals surface area contributed by atoms with Crippen molar-refractivity contribution in [2.45, 2.75) is 18.0 Å². The van der Waals surface area contributed by atoms with Crippen LogP contribution in [0.25, 0.3) is 10.9 Å². The summed E-state index contributed by atoms with van der Waals surface area (Å²) in [7, 11) is 0. The van der Waals surface area contributed by atoms with Gasteiger partial charge in [0, 0.05) is 23.0 Å². The summed E-state index contributed by atoms with van der Waals surface area (Å²) in [5.74, 6) is -0.658. The lowest BCUT2D eigenvalue weighted by Gasteiger charge is -2.44. The summed E-state index contributed by atoms with van der Waals surface area (Å²) >= 11 is 12.6. The molecule has 0 bridgehead atoms. The van der Waals surface area contributed by atoms with Crippen LogP contribution in [0.1, 0.15) is 27.8 Å².